The third-order valence-corrected chi connectivity index (χ3v) is 2.50. The van der Waals surface area contributed by atoms with E-state index in [1.807, 2.05) is 0 Å². The molecule has 3 aliphatic heterocycles. The van der Waals surface area contributed by atoms with Crippen LogP contribution in [0.5, 0.6) is 0 Å². The molecule has 3 heterocycles. The van der Waals surface area contributed by atoms with Crippen molar-refractivity contribution in [3.8, 4) is 0 Å². The van der Waals surface area contributed by atoms with Crippen LogP contribution in [0.3, 0.4) is 0 Å². The van der Waals surface area contributed by atoms with Crippen molar-refractivity contribution in [2.45, 2.75) is 19.8 Å². The number of carbonyl (C=O) groups is 1. The van der Waals surface area contributed by atoms with E-state index in [0.717, 1.165) is 0 Å². The molecule has 0 aromatic rings. The van der Waals surface area contributed by atoms with E-state index in [1.54, 1.807) is 6.92 Å². The maximum Gasteiger partial charge on any atom is 0.302 e. The highest BCUT2D eigenvalue weighted by Crippen LogP contribution is 2.38. The van der Waals surface area contributed by atoms with Gasteiger partial charge in [-0.3, -0.25) is 4.79 Å². The SMILES string of the molecule is CC(=O)OCC12COC(C)(OC1)OC2. The molecule has 5 heteroatoms. The zero-order valence-corrected chi connectivity index (χ0v) is 8.37. The summed E-state index contributed by atoms with van der Waals surface area (Å²) >= 11 is 0. The van der Waals surface area contributed by atoms with Crippen LogP contribution in [-0.2, 0) is 23.7 Å². The maximum absolute atomic E-state index is 10.7. The molecule has 0 aromatic heterocycles. The molecule has 0 atom stereocenters. The Hall–Kier alpha value is -0.650. The minimum atomic E-state index is -0.891. The number of fused-ring (bicyclic) bond motifs is 3. The van der Waals surface area contributed by atoms with Crippen LogP contribution in [0.15, 0.2) is 0 Å². The van der Waals surface area contributed by atoms with E-state index in [2.05, 4.69) is 0 Å². The van der Waals surface area contributed by atoms with Crippen LogP contribution in [0.25, 0.3) is 0 Å². The summed E-state index contributed by atoms with van der Waals surface area (Å²) in [6.45, 7) is 4.94. The third kappa shape index (κ3) is 1.75. The zero-order valence-electron chi connectivity index (χ0n) is 8.37. The number of rotatable bonds is 2. The van der Waals surface area contributed by atoms with Gasteiger partial charge in [-0.15, -0.1) is 0 Å². The summed E-state index contributed by atoms with van der Waals surface area (Å²) in [6.07, 6.45) is 0. The molecule has 2 bridgehead atoms. The first-order valence-electron chi connectivity index (χ1n) is 4.59. The summed E-state index contributed by atoms with van der Waals surface area (Å²) in [6, 6.07) is 0. The molecule has 3 saturated heterocycles. The number of esters is 1. The van der Waals surface area contributed by atoms with Gasteiger partial charge >= 0.3 is 5.97 Å². The molecule has 0 aromatic carbocycles. The first-order valence-corrected chi connectivity index (χ1v) is 4.59. The smallest absolute Gasteiger partial charge is 0.302 e. The summed E-state index contributed by atoms with van der Waals surface area (Å²) in [4.78, 5) is 10.7. The minimum absolute atomic E-state index is 0.290. The summed E-state index contributed by atoms with van der Waals surface area (Å²) < 4.78 is 21.0. The number of hydrogen-bond donors (Lipinski definition) is 0. The van der Waals surface area contributed by atoms with Gasteiger partial charge in [0.1, 0.15) is 6.61 Å². The van der Waals surface area contributed by atoms with Crippen LogP contribution < -0.4 is 0 Å². The molecule has 0 unspecified atom stereocenters. The van der Waals surface area contributed by atoms with Gasteiger partial charge in [0.05, 0.1) is 25.2 Å². The van der Waals surface area contributed by atoms with Crippen molar-refractivity contribution < 1.29 is 23.7 Å². The van der Waals surface area contributed by atoms with Gasteiger partial charge in [-0.25, -0.2) is 0 Å². The van der Waals surface area contributed by atoms with Crippen molar-refractivity contribution in [1.29, 1.82) is 0 Å². The van der Waals surface area contributed by atoms with Crippen LogP contribution in [0, 0.1) is 5.41 Å². The predicted octanol–water partition coefficient (Wildman–Crippen LogP) is 0.287. The van der Waals surface area contributed by atoms with Crippen molar-refractivity contribution >= 4 is 5.97 Å². The zero-order chi connectivity index (χ0) is 10.2. The second-order valence-corrected chi connectivity index (χ2v) is 4.01. The van der Waals surface area contributed by atoms with Gasteiger partial charge in [-0.1, -0.05) is 0 Å². The quantitative estimate of drug-likeness (QED) is 0.602. The van der Waals surface area contributed by atoms with E-state index < -0.39 is 5.97 Å². The Balaban J connectivity index is 1.95. The summed E-state index contributed by atoms with van der Waals surface area (Å²) in [5, 5.41) is 0. The molecule has 14 heavy (non-hydrogen) atoms. The van der Waals surface area contributed by atoms with E-state index in [9.17, 15) is 4.79 Å². The largest absolute Gasteiger partial charge is 0.465 e. The van der Waals surface area contributed by atoms with Crippen molar-refractivity contribution in [2.24, 2.45) is 5.41 Å². The van der Waals surface area contributed by atoms with E-state index in [1.165, 1.54) is 6.92 Å². The molecule has 0 radical (unpaired) electrons. The molecule has 0 spiro atoms. The number of carbonyl (C=O) groups excluding carboxylic acids is 1. The van der Waals surface area contributed by atoms with Crippen molar-refractivity contribution in [2.75, 3.05) is 26.4 Å². The Bertz CT molecular complexity index is 225. The molecule has 0 amide bonds. The molecule has 0 saturated carbocycles. The lowest BCUT2D eigenvalue weighted by Gasteiger charge is -2.49. The lowest BCUT2D eigenvalue weighted by Crippen LogP contribution is -2.60. The normalized spacial score (nSPS) is 41.0. The monoisotopic (exact) mass is 202 g/mol. The Labute approximate surface area is 82.3 Å². The van der Waals surface area contributed by atoms with Gasteiger partial charge in [0.25, 0.3) is 5.97 Å². The lowest BCUT2D eigenvalue weighted by atomic mass is 9.90. The Morgan fingerprint density at radius 1 is 1.29 bits per heavy atom. The van der Waals surface area contributed by atoms with Crippen LogP contribution in [0.1, 0.15) is 13.8 Å². The molecular formula is C9H14O5. The second-order valence-electron chi connectivity index (χ2n) is 4.01. The average Bonchev–Trinajstić information content (AvgIpc) is 2.17. The average molecular weight is 202 g/mol. The molecule has 5 nitrogen and oxygen atoms in total. The predicted molar refractivity (Wildman–Crippen MR) is 45.3 cm³/mol. The van der Waals surface area contributed by atoms with E-state index in [4.69, 9.17) is 18.9 Å². The topological polar surface area (TPSA) is 54.0 Å². The fourth-order valence-electron chi connectivity index (χ4n) is 1.48. The van der Waals surface area contributed by atoms with Crippen molar-refractivity contribution in [3.63, 3.8) is 0 Å². The Kier molecular flexibility index (Phi) is 2.25. The van der Waals surface area contributed by atoms with Gasteiger partial charge in [0.2, 0.25) is 0 Å². The highest BCUT2D eigenvalue weighted by atomic mass is 16.9. The molecule has 0 N–H and O–H groups in total. The highest BCUT2D eigenvalue weighted by Gasteiger charge is 2.50. The number of ether oxygens (including phenoxy) is 4. The van der Waals surface area contributed by atoms with Crippen LogP contribution in [0.4, 0.5) is 0 Å². The first-order chi connectivity index (χ1) is 6.54. The first kappa shape index (κ1) is 9.89. The summed E-state index contributed by atoms with van der Waals surface area (Å²) in [5.41, 5.74) is -0.316. The van der Waals surface area contributed by atoms with Crippen LogP contribution in [0.2, 0.25) is 0 Å². The summed E-state index contributed by atoms with van der Waals surface area (Å²) in [5.74, 6) is -1.18. The van der Waals surface area contributed by atoms with Crippen molar-refractivity contribution in [1.82, 2.24) is 0 Å². The van der Waals surface area contributed by atoms with Gasteiger partial charge in [0, 0.05) is 13.8 Å². The highest BCUT2D eigenvalue weighted by molar-refractivity contribution is 5.65. The van der Waals surface area contributed by atoms with E-state index in [-0.39, 0.29) is 11.4 Å². The minimum Gasteiger partial charge on any atom is -0.465 e. The molecule has 3 rings (SSSR count). The lowest BCUT2D eigenvalue weighted by molar-refractivity contribution is -0.461. The van der Waals surface area contributed by atoms with Crippen molar-refractivity contribution in [3.05, 3.63) is 0 Å². The Morgan fingerprint density at radius 3 is 2.21 bits per heavy atom. The molecule has 3 fully saturated rings. The molecular weight excluding hydrogens is 188 g/mol. The third-order valence-electron chi connectivity index (χ3n) is 2.50. The second kappa shape index (κ2) is 3.18. The van der Waals surface area contributed by atoms with E-state index in [0.29, 0.717) is 26.4 Å². The maximum atomic E-state index is 10.7. The van der Waals surface area contributed by atoms with Crippen LogP contribution in [-0.4, -0.2) is 38.4 Å². The van der Waals surface area contributed by atoms with E-state index >= 15 is 0 Å². The Morgan fingerprint density at radius 2 is 1.79 bits per heavy atom. The molecule has 80 valence electrons. The molecule has 0 aliphatic carbocycles. The summed E-state index contributed by atoms with van der Waals surface area (Å²) in [7, 11) is 0. The van der Waals surface area contributed by atoms with Gasteiger partial charge in [0.15, 0.2) is 0 Å². The molecule has 3 aliphatic rings. The fraction of sp³-hybridized carbons (Fsp3) is 0.889. The number of hydrogen-bond acceptors (Lipinski definition) is 5. The van der Waals surface area contributed by atoms with Crippen LogP contribution >= 0.6 is 0 Å². The van der Waals surface area contributed by atoms with Gasteiger partial charge < -0.3 is 18.9 Å². The van der Waals surface area contributed by atoms with Gasteiger partial charge in [-0.2, -0.15) is 0 Å². The fourth-order valence-corrected chi connectivity index (χ4v) is 1.48. The van der Waals surface area contributed by atoms with Gasteiger partial charge in [-0.05, 0) is 0 Å². The standard InChI is InChI=1S/C9H14O5/c1-7(10)11-3-9-4-12-8(2,13-5-9)14-6-9/h3-6H2,1-2H3.